The van der Waals surface area contributed by atoms with Gasteiger partial charge < -0.3 is 10.1 Å². The SMILES string of the molecule is CCC(=O)Nc1ccc(C(=O)COc2ccc(Br)cc2F)cc1. The summed E-state index contributed by atoms with van der Waals surface area (Å²) in [5.41, 5.74) is 1.05. The minimum atomic E-state index is -0.537. The average molecular weight is 380 g/mol. The summed E-state index contributed by atoms with van der Waals surface area (Å²) in [5.74, 6) is -0.892. The van der Waals surface area contributed by atoms with Crippen molar-refractivity contribution in [3.63, 3.8) is 0 Å². The van der Waals surface area contributed by atoms with Crippen LogP contribution in [-0.2, 0) is 4.79 Å². The monoisotopic (exact) mass is 379 g/mol. The van der Waals surface area contributed by atoms with Gasteiger partial charge in [-0.25, -0.2) is 4.39 Å². The van der Waals surface area contributed by atoms with Crippen molar-refractivity contribution < 1.29 is 18.7 Å². The van der Waals surface area contributed by atoms with Crippen LogP contribution in [-0.4, -0.2) is 18.3 Å². The molecular formula is C17H15BrFNO3. The van der Waals surface area contributed by atoms with E-state index >= 15 is 0 Å². The lowest BCUT2D eigenvalue weighted by Crippen LogP contribution is -2.13. The summed E-state index contributed by atoms with van der Waals surface area (Å²) in [6.07, 6.45) is 0.382. The van der Waals surface area contributed by atoms with Crippen molar-refractivity contribution in [1.82, 2.24) is 0 Å². The van der Waals surface area contributed by atoms with Crippen molar-refractivity contribution in [2.24, 2.45) is 0 Å². The second-order valence-electron chi connectivity index (χ2n) is 4.77. The van der Waals surface area contributed by atoms with Crippen LogP contribution in [0.5, 0.6) is 5.75 Å². The molecule has 6 heteroatoms. The highest BCUT2D eigenvalue weighted by molar-refractivity contribution is 9.10. The molecule has 0 aliphatic rings. The standard InChI is InChI=1S/C17H15BrFNO3/c1-2-17(22)20-13-6-3-11(4-7-13)15(21)10-23-16-8-5-12(18)9-14(16)19/h3-9H,2,10H2,1H3,(H,20,22). The fourth-order valence-corrected chi connectivity index (χ4v) is 2.14. The molecule has 0 unspecified atom stereocenters. The van der Waals surface area contributed by atoms with E-state index in [4.69, 9.17) is 4.74 Å². The fraction of sp³-hybridized carbons (Fsp3) is 0.176. The lowest BCUT2D eigenvalue weighted by molar-refractivity contribution is -0.115. The van der Waals surface area contributed by atoms with Crippen LogP contribution in [0.3, 0.4) is 0 Å². The summed E-state index contributed by atoms with van der Waals surface area (Å²) >= 11 is 3.15. The Kier molecular flexibility index (Phi) is 5.87. The van der Waals surface area contributed by atoms with Gasteiger partial charge in [-0.2, -0.15) is 0 Å². The molecule has 0 aliphatic carbocycles. The van der Waals surface area contributed by atoms with Gasteiger partial charge in [0.1, 0.15) is 0 Å². The smallest absolute Gasteiger partial charge is 0.224 e. The Bertz CT molecular complexity index is 716. The number of benzene rings is 2. The van der Waals surface area contributed by atoms with Crippen molar-refractivity contribution in [1.29, 1.82) is 0 Å². The second kappa shape index (κ2) is 7.87. The van der Waals surface area contributed by atoms with Crippen LogP contribution in [0, 0.1) is 5.82 Å². The van der Waals surface area contributed by atoms with Crippen LogP contribution in [0.1, 0.15) is 23.7 Å². The van der Waals surface area contributed by atoms with Crippen molar-refractivity contribution >= 4 is 33.3 Å². The largest absolute Gasteiger partial charge is 0.482 e. The maximum absolute atomic E-state index is 13.6. The molecule has 0 saturated heterocycles. The van der Waals surface area contributed by atoms with E-state index in [1.54, 1.807) is 37.3 Å². The molecule has 2 aromatic carbocycles. The van der Waals surface area contributed by atoms with Gasteiger partial charge in [-0.1, -0.05) is 22.9 Å². The highest BCUT2D eigenvalue weighted by Crippen LogP contribution is 2.21. The van der Waals surface area contributed by atoms with Crippen LogP contribution in [0.4, 0.5) is 10.1 Å². The summed E-state index contributed by atoms with van der Waals surface area (Å²) in [6.45, 7) is 1.49. The van der Waals surface area contributed by atoms with Gasteiger partial charge in [0.2, 0.25) is 5.91 Å². The van der Waals surface area contributed by atoms with E-state index in [1.807, 2.05) is 0 Å². The van der Waals surface area contributed by atoms with Crippen molar-refractivity contribution in [3.8, 4) is 5.75 Å². The average Bonchev–Trinajstić information content (AvgIpc) is 2.54. The molecule has 2 aromatic rings. The number of hydrogen-bond donors (Lipinski definition) is 1. The number of anilines is 1. The fourth-order valence-electron chi connectivity index (χ4n) is 1.81. The molecule has 0 saturated carbocycles. The van der Waals surface area contributed by atoms with Gasteiger partial charge in [0.05, 0.1) is 0 Å². The number of halogens is 2. The second-order valence-corrected chi connectivity index (χ2v) is 5.68. The highest BCUT2D eigenvalue weighted by atomic mass is 79.9. The molecule has 0 aromatic heterocycles. The van der Waals surface area contributed by atoms with E-state index < -0.39 is 5.82 Å². The number of carbonyl (C=O) groups is 2. The summed E-state index contributed by atoms with van der Waals surface area (Å²) in [6, 6.07) is 10.8. The summed E-state index contributed by atoms with van der Waals surface area (Å²) in [4.78, 5) is 23.3. The van der Waals surface area contributed by atoms with Crippen molar-refractivity contribution in [2.75, 3.05) is 11.9 Å². The predicted molar refractivity (Wildman–Crippen MR) is 89.3 cm³/mol. The van der Waals surface area contributed by atoms with Gasteiger partial charge in [-0.3, -0.25) is 9.59 Å². The minimum Gasteiger partial charge on any atom is -0.482 e. The first-order valence-electron chi connectivity index (χ1n) is 7.00. The molecule has 0 spiro atoms. The zero-order chi connectivity index (χ0) is 16.8. The first-order valence-corrected chi connectivity index (χ1v) is 7.80. The molecule has 0 fully saturated rings. The third kappa shape index (κ3) is 4.89. The molecular weight excluding hydrogens is 365 g/mol. The zero-order valence-electron chi connectivity index (χ0n) is 12.4. The van der Waals surface area contributed by atoms with Gasteiger partial charge in [0.25, 0.3) is 0 Å². The summed E-state index contributed by atoms with van der Waals surface area (Å²) in [5, 5.41) is 2.69. The maximum atomic E-state index is 13.6. The van der Waals surface area contributed by atoms with E-state index in [0.717, 1.165) is 0 Å². The molecule has 1 amide bonds. The third-order valence-corrected chi connectivity index (χ3v) is 3.56. The molecule has 0 aliphatic heterocycles. The lowest BCUT2D eigenvalue weighted by atomic mass is 10.1. The number of nitrogens with one attached hydrogen (secondary N) is 1. The summed E-state index contributed by atoms with van der Waals surface area (Å²) < 4.78 is 19.4. The van der Waals surface area contributed by atoms with Crippen LogP contribution in [0.2, 0.25) is 0 Å². The van der Waals surface area contributed by atoms with Crippen molar-refractivity contribution in [2.45, 2.75) is 13.3 Å². The molecule has 1 N–H and O–H groups in total. The Morgan fingerprint density at radius 3 is 2.48 bits per heavy atom. The molecule has 23 heavy (non-hydrogen) atoms. The van der Waals surface area contributed by atoms with Crippen LogP contribution in [0.25, 0.3) is 0 Å². The van der Waals surface area contributed by atoms with Gasteiger partial charge >= 0.3 is 0 Å². The minimum absolute atomic E-state index is 0.0216. The lowest BCUT2D eigenvalue weighted by Gasteiger charge is -2.08. The molecule has 0 atom stereocenters. The van der Waals surface area contributed by atoms with Gasteiger partial charge in [0.15, 0.2) is 24.0 Å². The maximum Gasteiger partial charge on any atom is 0.224 e. The Hall–Kier alpha value is -2.21. The van der Waals surface area contributed by atoms with Gasteiger partial charge in [0, 0.05) is 22.1 Å². The predicted octanol–water partition coefficient (Wildman–Crippen LogP) is 4.20. The molecule has 2 rings (SSSR count). The topological polar surface area (TPSA) is 55.4 Å². The van der Waals surface area contributed by atoms with Gasteiger partial charge in [-0.05, 0) is 42.5 Å². The molecule has 0 bridgehead atoms. The van der Waals surface area contributed by atoms with E-state index in [1.165, 1.54) is 12.1 Å². The first kappa shape index (κ1) is 17.1. The zero-order valence-corrected chi connectivity index (χ0v) is 14.0. The normalized spacial score (nSPS) is 10.2. The van der Waals surface area contributed by atoms with Crippen LogP contribution >= 0.6 is 15.9 Å². The van der Waals surface area contributed by atoms with Crippen molar-refractivity contribution in [3.05, 3.63) is 58.3 Å². The Morgan fingerprint density at radius 2 is 1.87 bits per heavy atom. The molecule has 120 valence electrons. The van der Waals surface area contributed by atoms with E-state index in [9.17, 15) is 14.0 Å². The number of Topliss-reactive ketones (excluding diaryl/α,β-unsaturated/α-hetero) is 1. The third-order valence-electron chi connectivity index (χ3n) is 3.06. The molecule has 0 radical (unpaired) electrons. The number of rotatable bonds is 6. The Morgan fingerprint density at radius 1 is 1.17 bits per heavy atom. The summed E-state index contributed by atoms with van der Waals surface area (Å²) in [7, 11) is 0. The van der Waals surface area contributed by atoms with E-state index in [2.05, 4.69) is 21.2 Å². The number of ether oxygens (including phenoxy) is 1. The number of hydrogen-bond acceptors (Lipinski definition) is 3. The van der Waals surface area contributed by atoms with E-state index in [-0.39, 0.29) is 24.0 Å². The number of ketones is 1. The van der Waals surface area contributed by atoms with Crippen LogP contribution < -0.4 is 10.1 Å². The van der Waals surface area contributed by atoms with E-state index in [0.29, 0.717) is 22.1 Å². The first-order chi connectivity index (χ1) is 11.0. The highest BCUT2D eigenvalue weighted by Gasteiger charge is 2.10. The van der Waals surface area contributed by atoms with Crippen LogP contribution in [0.15, 0.2) is 46.9 Å². The molecule has 0 heterocycles. The quantitative estimate of drug-likeness (QED) is 0.765. The molecule has 4 nitrogen and oxygen atoms in total. The van der Waals surface area contributed by atoms with Gasteiger partial charge in [-0.15, -0.1) is 0 Å². The number of amides is 1. The number of carbonyl (C=O) groups excluding carboxylic acids is 2. The Balaban J connectivity index is 1.96. The Labute approximate surface area is 141 Å².